The Morgan fingerprint density at radius 2 is 1.82 bits per heavy atom. The van der Waals surface area contributed by atoms with Gasteiger partial charge in [0.05, 0.1) is 7.11 Å². The summed E-state index contributed by atoms with van der Waals surface area (Å²) >= 11 is 0. The molecule has 0 bridgehead atoms. The summed E-state index contributed by atoms with van der Waals surface area (Å²) < 4.78 is 5.36. The highest BCUT2D eigenvalue weighted by atomic mass is 16.5. The molecule has 154 valence electrons. The van der Waals surface area contributed by atoms with Gasteiger partial charge in [0, 0.05) is 31.5 Å². The van der Waals surface area contributed by atoms with Gasteiger partial charge < -0.3 is 15.0 Å². The van der Waals surface area contributed by atoms with E-state index in [0.29, 0.717) is 18.4 Å². The topological polar surface area (TPSA) is 58.6 Å². The second-order valence-electron chi connectivity index (χ2n) is 8.43. The molecule has 5 nitrogen and oxygen atoms in total. The number of likely N-dealkylation sites (tertiary alicyclic amines) is 1. The molecule has 1 unspecified atom stereocenters. The van der Waals surface area contributed by atoms with Crippen LogP contribution in [0.2, 0.25) is 0 Å². The summed E-state index contributed by atoms with van der Waals surface area (Å²) in [5.74, 6) is 2.09. The Morgan fingerprint density at radius 3 is 2.54 bits per heavy atom. The van der Waals surface area contributed by atoms with Crippen molar-refractivity contribution in [1.82, 2.24) is 10.2 Å². The second kappa shape index (κ2) is 9.94. The van der Waals surface area contributed by atoms with Gasteiger partial charge in [-0.1, -0.05) is 25.1 Å². The Kier molecular flexibility index (Phi) is 7.35. The fraction of sp³-hybridized carbons (Fsp3) is 0.652. The number of para-hydroxylation sites is 1. The lowest BCUT2D eigenvalue weighted by atomic mass is 9.80. The summed E-state index contributed by atoms with van der Waals surface area (Å²) in [5.41, 5.74) is 1.11. The van der Waals surface area contributed by atoms with Crippen molar-refractivity contribution >= 4 is 11.8 Å². The third-order valence-corrected chi connectivity index (χ3v) is 6.30. The number of hydrogen-bond donors (Lipinski definition) is 1. The first-order valence-electron chi connectivity index (χ1n) is 10.8. The number of nitrogens with one attached hydrogen (secondary N) is 1. The first-order chi connectivity index (χ1) is 13.6. The molecule has 1 saturated heterocycles. The number of carbonyl (C=O) groups excluding carboxylic acids is 2. The molecule has 0 radical (unpaired) electrons. The predicted molar refractivity (Wildman–Crippen MR) is 110 cm³/mol. The molecule has 1 heterocycles. The Hall–Kier alpha value is -2.04. The fourth-order valence-corrected chi connectivity index (χ4v) is 4.62. The maximum atomic E-state index is 12.8. The van der Waals surface area contributed by atoms with Gasteiger partial charge in [-0.25, -0.2) is 0 Å². The third-order valence-electron chi connectivity index (χ3n) is 6.30. The van der Waals surface area contributed by atoms with Crippen LogP contribution in [0.15, 0.2) is 24.3 Å². The van der Waals surface area contributed by atoms with Gasteiger partial charge in [-0.3, -0.25) is 9.59 Å². The average Bonchev–Trinajstić information content (AvgIpc) is 2.73. The highest BCUT2D eigenvalue weighted by Crippen LogP contribution is 2.31. The van der Waals surface area contributed by atoms with E-state index in [1.807, 2.05) is 24.3 Å². The average molecular weight is 387 g/mol. The van der Waals surface area contributed by atoms with Crippen molar-refractivity contribution in [3.63, 3.8) is 0 Å². The van der Waals surface area contributed by atoms with Gasteiger partial charge in [0.15, 0.2) is 0 Å². The lowest BCUT2D eigenvalue weighted by molar-refractivity contribution is -0.140. The molecule has 2 fully saturated rings. The van der Waals surface area contributed by atoms with Gasteiger partial charge in [-0.15, -0.1) is 0 Å². The van der Waals surface area contributed by atoms with E-state index in [1.54, 1.807) is 7.11 Å². The van der Waals surface area contributed by atoms with Crippen molar-refractivity contribution in [3.05, 3.63) is 29.8 Å². The number of piperidine rings is 1. The number of carbonyl (C=O) groups is 2. The summed E-state index contributed by atoms with van der Waals surface area (Å²) in [7, 11) is 1.67. The van der Waals surface area contributed by atoms with Crippen LogP contribution < -0.4 is 10.1 Å². The molecule has 28 heavy (non-hydrogen) atoms. The minimum absolute atomic E-state index is 0.0435. The molecule has 1 N–H and O–H groups in total. The standard InChI is InChI=1S/C23H34N2O3/c1-17-6-5-15-25(16-17)23(27)20-11-9-19(10-12-20)22(26)24-14-13-18-7-3-4-8-21(18)28-2/h3-4,7-8,17,19-20H,5-6,9-16H2,1-2H3,(H,24,26). The molecule has 1 aliphatic carbocycles. The van der Waals surface area contributed by atoms with E-state index in [4.69, 9.17) is 4.74 Å². The molecule has 1 atom stereocenters. The summed E-state index contributed by atoms with van der Waals surface area (Å²) in [6.07, 6.45) is 6.43. The van der Waals surface area contributed by atoms with Crippen LogP contribution in [0.1, 0.15) is 51.0 Å². The van der Waals surface area contributed by atoms with Crippen molar-refractivity contribution in [1.29, 1.82) is 0 Å². The second-order valence-corrected chi connectivity index (χ2v) is 8.43. The van der Waals surface area contributed by atoms with E-state index < -0.39 is 0 Å². The zero-order valence-electron chi connectivity index (χ0n) is 17.3. The summed E-state index contributed by atoms with van der Waals surface area (Å²) in [5, 5.41) is 3.08. The minimum Gasteiger partial charge on any atom is -0.496 e. The van der Waals surface area contributed by atoms with Crippen LogP contribution in [0.25, 0.3) is 0 Å². The van der Waals surface area contributed by atoms with Crippen LogP contribution >= 0.6 is 0 Å². The zero-order chi connectivity index (χ0) is 19.9. The highest BCUT2D eigenvalue weighted by Gasteiger charge is 2.33. The number of amides is 2. The van der Waals surface area contributed by atoms with Crippen molar-refractivity contribution in [3.8, 4) is 5.75 Å². The molecule has 1 saturated carbocycles. The SMILES string of the molecule is COc1ccccc1CCNC(=O)C1CCC(C(=O)N2CCCC(C)C2)CC1. The highest BCUT2D eigenvalue weighted by molar-refractivity contribution is 5.81. The number of hydrogen-bond acceptors (Lipinski definition) is 3. The quantitative estimate of drug-likeness (QED) is 0.815. The largest absolute Gasteiger partial charge is 0.496 e. The molecule has 5 heteroatoms. The van der Waals surface area contributed by atoms with Gasteiger partial charge >= 0.3 is 0 Å². The number of methoxy groups -OCH3 is 1. The summed E-state index contributed by atoms with van der Waals surface area (Å²) in [4.78, 5) is 27.4. The van der Waals surface area contributed by atoms with Crippen molar-refractivity contribution in [2.75, 3.05) is 26.7 Å². The van der Waals surface area contributed by atoms with Crippen LogP contribution in [-0.4, -0.2) is 43.5 Å². The molecule has 2 aliphatic rings. The lowest BCUT2D eigenvalue weighted by Crippen LogP contribution is -2.44. The van der Waals surface area contributed by atoms with Gasteiger partial charge in [-0.05, 0) is 62.5 Å². The lowest BCUT2D eigenvalue weighted by Gasteiger charge is -2.35. The van der Waals surface area contributed by atoms with E-state index in [9.17, 15) is 9.59 Å². The summed E-state index contributed by atoms with van der Waals surface area (Å²) in [6, 6.07) is 7.91. The van der Waals surface area contributed by atoms with Crippen LogP contribution in [0.4, 0.5) is 0 Å². The Morgan fingerprint density at radius 1 is 1.11 bits per heavy atom. The van der Waals surface area contributed by atoms with Gasteiger partial charge in [0.25, 0.3) is 0 Å². The fourth-order valence-electron chi connectivity index (χ4n) is 4.62. The predicted octanol–water partition coefficient (Wildman–Crippen LogP) is 3.42. The van der Waals surface area contributed by atoms with Crippen molar-refractivity contribution < 1.29 is 14.3 Å². The van der Waals surface area contributed by atoms with E-state index in [1.165, 1.54) is 6.42 Å². The Labute approximate surface area is 168 Å². The van der Waals surface area contributed by atoms with E-state index in [2.05, 4.69) is 17.1 Å². The molecule has 1 aromatic carbocycles. The molecule has 1 aliphatic heterocycles. The molecular formula is C23H34N2O3. The smallest absolute Gasteiger partial charge is 0.225 e. The van der Waals surface area contributed by atoms with Crippen molar-refractivity contribution in [2.45, 2.75) is 51.9 Å². The van der Waals surface area contributed by atoms with Gasteiger partial charge in [-0.2, -0.15) is 0 Å². The number of ether oxygens (including phenoxy) is 1. The molecule has 1 aromatic rings. The van der Waals surface area contributed by atoms with Gasteiger partial charge in [0.1, 0.15) is 5.75 Å². The first kappa shape index (κ1) is 20.7. The first-order valence-corrected chi connectivity index (χ1v) is 10.8. The summed E-state index contributed by atoms with van der Waals surface area (Å²) in [6.45, 7) is 4.66. The van der Waals surface area contributed by atoms with E-state index in [0.717, 1.165) is 62.9 Å². The minimum atomic E-state index is 0.0435. The molecule has 2 amide bonds. The monoisotopic (exact) mass is 386 g/mol. The molecule has 3 rings (SSSR count). The number of benzene rings is 1. The maximum absolute atomic E-state index is 12.8. The number of nitrogens with zero attached hydrogens (tertiary/aromatic N) is 1. The van der Waals surface area contributed by atoms with Crippen LogP contribution in [0, 0.1) is 17.8 Å². The maximum Gasteiger partial charge on any atom is 0.225 e. The Bertz CT molecular complexity index is 668. The van der Waals surface area contributed by atoms with E-state index >= 15 is 0 Å². The molecular weight excluding hydrogens is 352 g/mol. The Balaban J connectivity index is 1.40. The molecule has 0 aromatic heterocycles. The molecule has 0 spiro atoms. The van der Waals surface area contributed by atoms with Crippen molar-refractivity contribution in [2.24, 2.45) is 17.8 Å². The normalized spacial score (nSPS) is 25.2. The third kappa shape index (κ3) is 5.27. The van der Waals surface area contributed by atoms with Gasteiger partial charge in [0.2, 0.25) is 11.8 Å². The zero-order valence-corrected chi connectivity index (χ0v) is 17.3. The van der Waals surface area contributed by atoms with Crippen LogP contribution in [-0.2, 0) is 16.0 Å². The van der Waals surface area contributed by atoms with Crippen LogP contribution in [0.3, 0.4) is 0 Å². The van der Waals surface area contributed by atoms with Crippen LogP contribution in [0.5, 0.6) is 5.75 Å². The number of rotatable bonds is 6. The van der Waals surface area contributed by atoms with E-state index in [-0.39, 0.29) is 17.7 Å².